The molecular formula is C28H32N6O3. The SMILES string of the molecule is Cc1nc(NCCc2ccc(O)c(-c3cccc(CC(=O)N(C)C)c3)c2)c2nc3n(c2n1)C(C)(C)CO3. The van der Waals surface area contributed by atoms with Crippen molar-refractivity contribution in [1.82, 2.24) is 24.4 Å². The van der Waals surface area contributed by atoms with Crippen LogP contribution >= 0.6 is 0 Å². The van der Waals surface area contributed by atoms with Gasteiger partial charge in [0.25, 0.3) is 6.01 Å². The van der Waals surface area contributed by atoms with Gasteiger partial charge in [0, 0.05) is 26.2 Å². The Morgan fingerprint density at radius 2 is 1.95 bits per heavy atom. The number of carbonyl (C=O) groups excluding carboxylic acids is 1. The molecule has 3 heterocycles. The van der Waals surface area contributed by atoms with Gasteiger partial charge in [-0.25, -0.2) is 9.97 Å². The van der Waals surface area contributed by atoms with Crippen LogP contribution in [0.1, 0.15) is 30.8 Å². The molecule has 1 aliphatic heterocycles. The van der Waals surface area contributed by atoms with Crippen molar-refractivity contribution < 1.29 is 14.6 Å². The number of anilines is 1. The predicted octanol–water partition coefficient (Wildman–Crippen LogP) is 3.92. The Morgan fingerprint density at radius 1 is 1.14 bits per heavy atom. The van der Waals surface area contributed by atoms with Crippen molar-refractivity contribution in [3.8, 4) is 22.9 Å². The Hall–Kier alpha value is -4.14. The van der Waals surface area contributed by atoms with E-state index in [2.05, 4.69) is 34.1 Å². The average molecular weight is 501 g/mol. The molecule has 9 heteroatoms. The van der Waals surface area contributed by atoms with E-state index in [9.17, 15) is 9.90 Å². The number of nitrogens with one attached hydrogen (secondary N) is 1. The largest absolute Gasteiger partial charge is 0.507 e. The van der Waals surface area contributed by atoms with Crippen LogP contribution in [0.3, 0.4) is 0 Å². The van der Waals surface area contributed by atoms with Crippen LogP contribution in [0.25, 0.3) is 22.3 Å². The van der Waals surface area contributed by atoms with E-state index in [0.717, 1.165) is 27.9 Å². The van der Waals surface area contributed by atoms with Gasteiger partial charge >= 0.3 is 0 Å². The number of amides is 1. The van der Waals surface area contributed by atoms with Crippen molar-refractivity contribution in [2.45, 2.75) is 39.2 Å². The molecule has 37 heavy (non-hydrogen) atoms. The zero-order valence-corrected chi connectivity index (χ0v) is 21.9. The van der Waals surface area contributed by atoms with E-state index in [1.165, 1.54) is 0 Å². The summed E-state index contributed by atoms with van der Waals surface area (Å²) in [7, 11) is 3.49. The van der Waals surface area contributed by atoms with Crippen molar-refractivity contribution in [1.29, 1.82) is 0 Å². The zero-order chi connectivity index (χ0) is 26.3. The molecule has 0 saturated carbocycles. The number of ether oxygens (including phenoxy) is 1. The molecule has 9 nitrogen and oxygen atoms in total. The van der Waals surface area contributed by atoms with E-state index < -0.39 is 0 Å². The molecule has 1 amide bonds. The van der Waals surface area contributed by atoms with Gasteiger partial charge in [-0.15, -0.1) is 0 Å². The van der Waals surface area contributed by atoms with E-state index in [1.807, 2.05) is 47.9 Å². The van der Waals surface area contributed by atoms with Crippen molar-refractivity contribution in [2.24, 2.45) is 0 Å². The number of fused-ring (bicyclic) bond motifs is 3. The third-order valence-electron chi connectivity index (χ3n) is 6.61. The standard InChI is InChI=1S/C28H32N6O3/c1-17-30-25(24-26(31-17)34-27(32-24)37-16-28(34,2)3)29-12-11-18-9-10-22(35)21(14-18)20-8-6-7-19(13-20)15-23(36)33(4)5/h6-10,13-14,35H,11-12,15-16H2,1-5H3,(H,29,30,31). The number of carbonyl (C=O) groups is 1. The highest BCUT2D eigenvalue weighted by Crippen LogP contribution is 2.36. The highest BCUT2D eigenvalue weighted by atomic mass is 16.5. The van der Waals surface area contributed by atoms with E-state index >= 15 is 0 Å². The molecule has 4 aromatic rings. The maximum Gasteiger partial charge on any atom is 0.299 e. The van der Waals surface area contributed by atoms with Crippen molar-refractivity contribution in [2.75, 3.05) is 32.6 Å². The number of likely N-dealkylation sites (N-methyl/N-ethyl adjacent to an activating group) is 1. The molecule has 0 unspecified atom stereocenters. The van der Waals surface area contributed by atoms with Gasteiger partial charge in [-0.1, -0.05) is 30.3 Å². The highest BCUT2D eigenvalue weighted by Gasteiger charge is 2.35. The molecule has 0 aliphatic carbocycles. The Morgan fingerprint density at radius 3 is 2.73 bits per heavy atom. The van der Waals surface area contributed by atoms with Crippen LogP contribution in [0.5, 0.6) is 11.8 Å². The van der Waals surface area contributed by atoms with Gasteiger partial charge < -0.3 is 20.1 Å². The van der Waals surface area contributed by atoms with Crippen molar-refractivity contribution in [3.63, 3.8) is 0 Å². The fourth-order valence-corrected chi connectivity index (χ4v) is 4.60. The van der Waals surface area contributed by atoms with E-state index in [0.29, 0.717) is 49.2 Å². The first-order chi connectivity index (χ1) is 17.6. The number of hydrogen-bond acceptors (Lipinski definition) is 7. The predicted molar refractivity (Wildman–Crippen MR) is 143 cm³/mol. The van der Waals surface area contributed by atoms with Crippen LogP contribution in [-0.4, -0.2) is 62.7 Å². The molecule has 0 bridgehead atoms. The maximum atomic E-state index is 12.1. The Kier molecular flexibility index (Phi) is 6.23. The fourth-order valence-electron chi connectivity index (χ4n) is 4.60. The molecule has 1 aliphatic rings. The minimum Gasteiger partial charge on any atom is -0.507 e. The lowest BCUT2D eigenvalue weighted by molar-refractivity contribution is -0.127. The summed E-state index contributed by atoms with van der Waals surface area (Å²) in [4.78, 5) is 27.6. The molecule has 0 saturated heterocycles. The first-order valence-electron chi connectivity index (χ1n) is 12.4. The summed E-state index contributed by atoms with van der Waals surface area (Å²) >= 11 is 0. The molecule has 0 radical (unpaired) electrons. The first-order valence-corrected chi connectivity index (χ1v) is 12.4. The lowest BCUT2D eigenvalue weighted by Gasteiger charge is -2.18. The van der Waals surface area contributed by atoms with Gasteiger partial charge in [-0.2, -0.15) is 4.98 Å². The average Bonchev–Trinajstić information content (AvgIpc) is 3.37. The van der Waals surface area contributed by atoms with Crippen LogP contribution in [0.4, 0.5) is 5.82 Å². The lowest BCUT2D eigenvalue weighted by atomic mass is 9.98. The molecule has 0 spiro atoms. The van der Waals surface area contributed by atoms with Crippen LogP contribution in [0, 0.1) is 6.92 Å². The number of aromatic hydroxyl groups is 1. The summed E-state index contributed by atoms with van der Waals surface area (Å²) in [5, 5.41) is 14.0. The summed E-state index contributed by atoms with van der Waals surface area (Å²) in [5.41, 5.74) is 4.83. The fraction of sp³-hybridized carbons (Fsp3) is 0.357. The third kappa shape index (κ3) is 4.81. The van der Waals surface area contributed by atoms with Gasteiger partial charge in [0.15, 0.2) is 17.0 Å². The maximum absolute atomic E-state index is 12.1. The van der Waals surface area contributed by atoms with Crippen molar-refractivity contribution in [3.05, 3.63) is 59.4 Å². The number of aryl methyl sites for hydroxylation is 1. The summed E-state index contributed by atoms with van der Waals surface area (Å²) in [6.45, 7) is 7.27. The number of nitrogens with zero attached hydrogens (tertiary/aromatic N) is 5. The van der Waals surface area contributed by atoms with Crippen LogP contribution in [0.15, 0.2) is 42.5 Å². The second-order valence-electron chi connectivity index (χ2n) is 10.3. The zero-order valence-electron chi connectivity index (χ0n) is 21.9. The summed E-state index contributed by atoms with van der Waals surface area (Å²) in [6.07, 6.45) is 1.03. The normalized spacial score (nSPS) is 13.9. The Labute approximate surface area is 216 Å². The van der Waals surface area contributed by atoms with Crippen molar-refractivity contribution >= 4 is 22.9 Å². The minimum atomic E-state index is -0.221. The lowest BCUT2D eigenvalue weighted by Crippen LogP contribution is -2.26. The number of rotatable bonds is 7. The molecule has 2 aromatic carbocycles. The molecular weight excluding hydrogens is 468 g/mol. The molecule has 0 fully saturated rings. The number of phenolic OH excluding ortho intramolecular Hbond substituents is 1. The summed E-state index contributed by atoms with van der Waals surface area (Å²) in [6, 6.07) is 13.9. The van der Waals surface area contributed by atoms with Crippen LogP contribution in [0.2, 0.25) is 0 Å². The van der Waals surface area contributed by atoms with Crippen LogP contribution < -0.4 is 10.1 Å². The number of phenols is 1. The highest BCUT2D eigenvalue weighted by molar-refractivity contribution is 5.85. The van der Waals surface area contributed by atoms with Gasteiger partial charge in [0.1, 0.15) is 18.2 Å². The molecule has 2 N–H and O–H groups in total. The second kappa shape index (κ2) is 9.38. The molecule has 2 aromatic heterocycles. The quantitative estimate of drug-likeness (QED) is 0.396. The summed E-state index contributed by atoms with van der Waals surface area (Å²) in [5.74, 6) is 1.59. The van der Waals surface area contributed by atoms with Gasteiger partial charge in [0.2, 0.25) is 5.91 Å². The number of hydrogen-bond donors (Lipinski definition) is 2. The second-order valence-corrected chi connectivity index (χ2v) is 10.3. The van der Waals surface area contributed by atoms with E-state index in [-0.39, 0.29) is 17.2 Å². The van der Waals surface area contributed by atoms with Gasteiger partial charge in [0.05, 0.1) is 12.0 Å². The number of imidazole rings is 1. The molecule has 5 rings (SSSR count). The first kappa shape index (κ1) is 24.5. The van der Waals surface area contributed by atoms with Gasteiger partial charge in [-0.3, -0.25) is 9.36 Å². The molecule has 192 valence electrons. The molecule has 0 atom stereocenters. The van der Waals surface area contributed by atoms with E-state index in [4.69, 9.17) is 4.74 Å². The minimum absolute atomic E-state index is 0.0355. The number of benzene rings is 2. The monoisotopic (exact) mass is 500 g/mol. The summed E-state index contributed by atoms with van der Waals surface area (Å²) < 4.78 is 7.82. The van der Waals surface area contributed by atoms with E-state index in [1.54, 1.807) is 25.1 Å². The number of aromatic nitrogens is 4. The smallest absolute Gasteiger partial charge is 0.299 e. The Bertz CT molecular complexity index is 1490. The third-order valence-corrected chi connectivity index (χ3v) is 6.61. The topological polar surface area (TPSA) is 105 Å². The Balaban J connectivity index is 1.34. The van der Waals surface area contributed by atoms with Gasteiger partial charge in [-0.05, 0) is 56.0 Å². The van der Waals surface area contributed by atoms with Crippen LogP contribution in [-0.2, 0) is 23.2 Å².